The Labute approximate surface area is 127 Å². The molecule has 0 aromatic heterocycles. The monoisotopic (exact) mass is 315 g/mol. The van der Waals surface area contributed by atoms with Crippen LogP contribution in [0.4, 0.5) is 13.2 Å². The van der Waals surface area contributed by atoms with E-state index in [0.717, 1.165) is 12.0 Å². The number of alkyl halides is 3. The summed E-state index contributed by atoms with van der Waals surface area (Å²) in [6.45, 7) is 1.10. The lowest BCUT2D eigenvalue weighted by molar-refractivity contribution is -0.185. The first-order valence-electron chi connectivity index (χ1n) is 7.46. The summed E-state index contributed by atoms with van der Waals surface area (Å²) in [5.74, 6) is -2.08. The Bertz CT molecular complexity index is 499. The van der Waals surface area contributed by atoms with Crippen molar-refractivity contribution >= 4 is 5.97 Å². The van der Waals surface area contributed by atoms with Gasteiger partial charge in [-0.15, -0.1) is 0 Å². The van der Waals surface area contributed by atoms with Crippen LogP contribution in [0.1, 0.15) is 41.6 Å². The number of benzene rings is 1. The number of carboxylic acids is 1. The van der Waals surface area contributed by atoms with Crippen LogP contribution in [0.15, 0.2) is 24.3 Å². The van der Waals surface area contributed by atoms with Crippen molar-refractivity contribution in [2.45, 2.75) is 38.4 Å². The van der Waals surface area contributed by atoms with Crippen molar-refractivity contribution in [1.82, 2.24) is 5.32 Å². The SMILES string of the molecule is O=C(O)c1ccc(CNCC2CCCC(C(F)(F)F)C2)cc1. The van der Waals surface area contributed by atoms with Gasteiger partial charge in [0.2, 0.25) is 0 Å². The van der Waals surface area contributed by atoms with E-state index in [0.29, 0.717) is 19.5 Å². The molecule has 1 saturated carbocycles. The third kappa shape index (κ3) is 4.73. The summed E-state index contributed by atoms with van der Waals surface area (Å²) in [6.07, 6.45) is -2.17. The van der Waals surface area contributed by atoms with Gasteiger partial charge in [0.15, 0.2) is 0 Å². The molecule has 1 aromatic rings. The van der Waals surface area contributed by atoms with Crippen molar-refractivity contribution < 1.29 is 23.1 Å². The zero-order chi connectivity index (χ0) is 16.2. The second kappa shape index (κ2) is 7.13. The molecule has 122 valence electrons. The molecular formula is C16H20F3NO2. The average Bonchev–Trinajstić information content (AvgIpc) is 2.47. The van der Waals surface area contributed by atoms with Gasteiger partial charge in [0, 0.05) is 6.54 Å². The third-order valence-electron chi connectivity index (χ3n) is 4.21. The first-order valence-corrected chi connectivity index (χ1v) is 7.46. The molecule has 0 bridgehead atoms. The number of carbonyl (C=O) groups is 1. The Morgan fingerprint density at radius 3 is 2.50 bits per heavy atom. The van der Waals surface area contributed by atoms with Crippen LogP contribution in [0.2, 0.25) is 0 Å². The molecule has 0 radical (unpaired) electrons. The lowest BCUT2D eigenvalue weighted by Crippen LogP contribution is -2.33. The molecule has 6 heteroatoms. The van der Waals surface area contributed by atoms with Crippen molar-refractivity contribution in [3.63, 3.8) is 0 Å². The molecular weight excluding hydrogens is 295 g/mol. The number of hydrogen-bond acceptors (Lipinski definition) is 2. The normalized spacial score (nSPS) is 22.5. The van der Waals surface area contributed by atoms with Gasteiger partial charge in [0.05, 0.1) is 11.5 Å². The molecule has 0 saturated heterocycles. The van der Waals surface area contributed by atoms with E-state index in [1.807, 2.05) is 0 Å². The van der Waals surface area contributed by atoms with Crippen LogP contribution in [0.3, 0.4) is 0 Å². The Morgan fingerprint density at radius 2 is 1.91 bits per heavy atom. The minimum absolute atomic E-state index is 0.0543. The molecule has 1 aliphatic rings. The summed E-state index contributed by atoms with van der Waals surface area (Å²) in [5, 5.41) is 12.0. The Morgan fingerprint density at radius 1 is 1.23 bits per heavy atom. The second-order valence-corrected chi connectivity index (χ2v) is 5.90. The van der Waals surface area contributed by atoms with E-state index < -0.39 is 18.1 Å². The number of rotatable bonds is 5. The fourth-order valence-electron chi connectivity index (χ4n) is 2.96. The zero-order valence-corrected chi connectivity index (χ0v) is 12.2. The van der Waals surface area contributed by atoms with Crippen LogP contribution < -0.4 is 5.32 Å². The maximum Gasteiger partial charge on any atom is 0.391 e. The number of aromatic carboxylic acids is 1. The predicted octanol–water partition coefficient (Wildman–Crippen LogP) is 3.84. The van der Waals surface area contributed by atoms with Crippen LogP contribution in [0.25, 0.3) is 0 Å². The van der Waals surface area contributed by atoms with Gasteiger partial charge in [-0.3, -0.25) is 0 Å². The summed E-state index contributed by atoms with van der Waals surface area (Å²) in [5.41, 5.74) is 1.15. The van der Waals surface area contributed by atoms with Gasteiger partial charge in [0.25, 0.3) is 0 Å². The smallest absolute Gasteiger partial charge is 0.391 e. The Hall–Kier alpha value is -1.56. The molecule has 0 aliphatic heterocycles. The van der Waals surface area contributed by atoms with Gasteiger partial charge in [-0.05, 0) is 49.4 Å². The van der Waals surface area contributed by atoms with Gasteiger partial charge in [-0.1, -0.05) is 18.6 Å². The van der Waals surface area contributed by atoms with E-state index in [1.165, 1.54) is 12.1 Å². The molecule has 2 rings (SSSR count). The number of carboxylic acid groups (broad SMARTS) is 1. The predicted molar refractivity (Wildman–Crippen MR) is 76.6 cm³/mol. The van der Waals surface area contributed by atoms with E-state index in [9.17, 15) is 18.0 Å². The van der Waals surface area contributed by atoms with Crippen molar-refractivity contribution in [2.24, 2.45) is 11.8 Å². The first-order chi connectivity index (χ1) is 10.4. The summed E-state index contributed by atoms with van der Waals surface area (Å²) < 4.78 is 38.2. The topological polar surface area (TPSA) is 49.3 Å². The van der Waals surface area contributed by atoms with E-state index in [1.54, 1.807) is 12.1 Å². The van der Waals surface area contributed by atoms with Gasteiger partial charge >= 0.3 is 12.1 Å². The fraction of sp³-hybridized carbons (Fsp3) is 0.562. The van der Waals surface area contributed by atoms with Crippen LogP contribution in [0, 0.1) is 11.8 Å². The summed E-state index contributed by atoms with van der Waals surface area (Å²) in [4.78, 5) is 10.7. The maximum absolute atomic E-state index is 12.7. The molecule has 1 fully saturated rings. The molecule has 22 heavy (non-hydrogen) atoms. The quantitative estimate of drug-likeness (QED) is 0.868. The minimum Gasteiger partial charge on any atom is -0.478 e. The molecule has 1 aromatic carbocycles. The molecule has 1 aliphatic carbocycles. The third-order valence-corrected chi connectivity index (χ3v) is 4.21. The average molecular weight is 315 g/mol. The van der Waals surface area contributed by atoms with E-state index in [2.05, 4.69) is 5.32 Å². The standard InChI is InChI=1S/C16H20F3NO2/c17-16(18,19)14-3-1-2-12(8-14)10-20-9-11-4-6-13(7-5-11)15(21)22/h4-7,12,14,20H,1-3,8-10H2,(H,21,22). The number of halogens is 3. The first kappa shape index (κ1) is 16.8. The van der Waals surface area contributed by atoms with E-state index in [-0.39, 0.29) is 24.3 Å². The lowest BCUT2D eigenvalue weighted by atomic mass is 9.81. The van der Waals surface area contributed by atoms with E-state index in [4.69, 9.17) is 5.11 Å². The minimum atomic E-state index is -4.08. The molecule has 2 atom stereocenters. The maximum atomic E-state index is 12.7. The molecule has 0 amide bonds. The second-order valence-electron chi connectivity index (χ2n) is 5.90. The van der Waals surface area contributed by atoms with Crippen LogP contribution >= 0.6 is 0 Å². The van der Waals surface area contributed by atoms with Crippen molar-refractivity contribution in [3.8, 4) is 0 Å². The number of hydrogen-bond donors (Lipinski definition) is 2. The van der Waals surface area contributed by atoms with Gasteiger partial charge in [-0.25, -0.2) is 4.79 Å². The highest BCUT2D eigenvalue weighted by Crippen LogP contribution is 2.39. The molecule has 0 spiro atoms. The lowest BCUT2D eigenvalue weighted by Gasteiger charge is -2.30. The van der Waals surface area contributed by atoms with Gasteiger partial charge in [-0.2, -0.15) is 13.2 Å². The summed E-state index contributed by atoms with van der Waals surface area (Å²) >= 11 is 0. The van der Waals surface area contributed by atoms with E-state index >= 15 is 0 Å². The molecule has 0 heterocycles. The number of nitrogens with one attached hydrogen (secondary N) is 1. The van der Waals surface area contributed by atoms with Crippen molar-refractivity contribution in [2.75, 3.05) is 6.54 Å². The highest BCUT2D eigenvalue weighted by molar-refractivity contribution is 5.87. The summed E-state index contributed by atoms with van der Waals surface area (Å²) in [6, 6.07) is 6.49. The molecule has 2 N–H and O–H groups in total. The fourth-order valence-corrected chi connectivity index (χ4v) is 2.96. The van der Waals surface area contributed by atoms with Crippen LogP contribution in [-0.4, -0.2) is 23.8 Å². The van der Waals surface area contributed by atoms with Gasteiger partial charge < -0.3 is 10.4 Å². The highest BCUT2D eigenvalue weighted by Gasteiger charge is 2.41. The van der Waals surface area contributed by atoms with Crippen molar-refractivity contribution in [3.05, 3.63) is 35.4 Å². The molecule has 2 unspecified atom stereocenters. The Kier molecular flexibility index (Phi) is 5.45. The largest absolute Gasteiger partial charge is 0.478 e. The highest BCUT2D eigenvalue weighted by atomic mass is 19.4. The summed E-state index contributed by atoms with van der Waals surface area (Å²) in [7, 11) is 0. The van der Waals surface area contributed by atoms with Crippen LogP contribution in [0.5, 0.6) is 0 Å². The van der Waals surface area contributed by atoms with Crippen molar-refractivity contribution in [1.29, 1.82) is 0 Å². The van der Waals surface area contributed by atoms with Gasteiger partial charge in [0.1, 0.15) is 0 Å². The molecule has 3 nitrogen and oxygen atoms in total. The van der Waals surface area contributed by atoms with Crippen LogP contribution in [-0.2, 0) is 6.54 Å². The Balaban J connectivity index is 1.77. The zero-order valence-electron chi connectivity index (χ0n) is 12.2.